The van der Waals surface area contributed by atoms with Crippen molar-refractivity contribution >= 4 is 35.0 Å². The Morgan fingerprint density at radius 2 is 1.81 bits per heavy atom. The summed E-state index contributed by atoms with van der Waals surface area (Å²) in [6.45, 7) is 1.86. The molecular formula is C20H22N2O3S. The van der Waals surface area contributed by atoms with Gasteiger partial charge in [0.1, 0.15) is 5.75 Å². The van der Waals surface area contributed by atoms with Gasteiger partial charge in [0.05, 0.1) is 12.4 Å². The van der Waals surface area contributed by atoms with Crippen LogP contribution in [-0.2, 0) is 9.59 Å². The zero-order chi connectivity index (χ0) is 18.5. The van der Waals surface area contributed by atoms with Crippen LogP contribution >= 0.6 is 11.8 Å². The Morgan fingerprint density at radius 1 is 1.08 bits per heavy atom. The molecule has 1 aliphatic carbocycles. The van der Waals surface area contributed by atoms with Gasteiger partial charge in [-0.1, -0.05) is 6.07 Å². The monoisotopic (exact) mass is 370 g/mol. The quantitative estimate of drug-likeness (QED) is 0.718. The second-order valence-electron chi connectivity index (χ2n) is 6.27. The number of hydrogen-bond donors (Lipinski definition) is 2. The molecule has 1 saturated carbocycles. The number of rotatable bonds is 7. The lowest BCUT2D eigenvalue weighted by molar-refractivity contribution is -0.117. The van der Waals surface area contributed by atoms with E-state index < -0.39 is 0 Å². The van der Waals surface area contributed by atoms with Crippen LogP contribution in [0.2, 0.25) is 0 Å². The smallest absolute Gasteiger partial charge is 0.237 e. The molecule has 0 radical (unpaired) electrons. The average molecular weight is 370 g/mol. The maximum absolute atomic E-state index is 12.4. The van der Waals surface area contributed by atoms with E-state index in [2.05, 4.69) is 10.6 Å². The van der Waals surface area contributed by atoms with Crippen LogP contribution in [0.4, 0.5) is 11.4 Å². The van der Waals surface area contributed by atoms with Gasteiger partial charge in [-0.25, -0.2) is 0 Å². The summed E-state index contributed by atoms with van der Waals surface area (Å²) >= 11 is 1.46. The van der Waals surface area contributed by atoms with Gasteiger partial charge in [0, 0.05) is 22.2 Å². The Kier molecular flexibility index (Phi) is 5.83. The summed E-state index contributed by atoms with van der Waals surface area (Å²) in [5.41, 5.74) is 1.50. The molecule has 0 bridgehead atoms. The third-order valence-corrected chi connectivity index (χ3v) is 5.18. The minimum absolute atomic E-state index is 0.0763. The Hall–Kier alpha value is -2.47. The third-order valence-electron chi connectivity index (χ3n) is 4.09. The van der Waals surface area contributed by atoms with Crippen molar-refractivity contribution in [1.29, 1.82) is 0 Å². The molecule has 5 nitrogen and oxygen atoms in total. The Bertz CT molecular complexity index is 788. The van der Waals surface area contributed by atoms with E-state index in [0.717, 1.165) is 34.9 Å². The summed E-state index contributed by atoms with van der Waals surface area (Å²) in [6.07, 6.45) is 1.95. The van der Waals surface area contributed by atoms with Crippen molar-refractivity contribution in [3.05, 3.63) is 48.5 Å². The van der Waals surface area contributed by atoms with Crippen molar-refractivity contribution in [3.63, 3.8) is 0 Å². The van der Waals surface area contributed by atoms with Crippen LogP contribution in [-0.4, -0.2) is 24.2 Å². The van der Waals surface area contributed by atoms with Crippen LogP contribution in [0.15, 0.2) is 53.4 Å². The topological polar surface area (TPSA) is 67.4 Å². The van der Waals surface area contributed by atoms with Gasteiger partial charge in [0.25, 0.3) is 0 Å². The highest BCUT2D eigenvalue weighted by atomic mass is 32.2. The Balaban J connectivity index is 1.56. The van der Waals surface area contributed by atoms with Crippen LogP contribution in [0, 0.1) is 5.92 Å². The zero-order valence-corrected chi connectivity index (χ0v) is 15.6. The molecule has 3 rings (SSSR count). The molecule has 1 atom stereocenters. The number of hydrogen-bond acceptors (Lipinski definition) is 4. The van der Waals surface area contributed by atoms with Gasteiger partial charge >= 0.3 is 0 Å². The van der Waals surface area contributed by atoms with Crippen LogP contribution in [0.5, 0.6) is 5.75 Å². The van der Waals surface area contributed by atoms with E-state index in [1.54, 1.807) is 19.2 Å². The van der Waals surface area contributed by atoms with Gasteiger partial charge in [-0.05, 0) is 62.2 Å². The minimum atomic E-state index is -0.272. The third kappa shape index (κ3) is 5.02. The highest BCUT2D eigenvalue weighted by molar-refractivity contribution is 8.00. The van der Waals surface area contributed by atoms with Crippen molar-refractivity contribution in [1.82, 2.24) is 0 Å². The van der Waals surface area contributed by atoms with Crippen molar-refractivity contribution in [2.45, 2.75) is 29.9 Å². The number of nitrogens with one attached hydrogen (secondary N) is 2. The fourth-order valence-electron chi connectivity index (χ4n) is 2.41. The number of methoxy groups -OCH3 is 1. The summed E-state index contributed by atoms with van der Waals surface area (Å²) in [6, 6.07) is 14.8. The number of amides is 2. The maximum Gasteiger partial charge on any atom is 0.237 e. The summed E-state index contributed by atoms with van der Waals surface area (Å²) in [5.74, 6) is 0.918. The first-order valence-electron chi connectivity index (χ1n) is 8.57. The van der Waals surface area contributed by atoms with Crippen molar-refractivity contribution in [2.24, 2.45) is 5.92 Å². The minimum Gasteiger partial charge on any atom is -0.497 e. The predicted molar refractivity (Wildman–Crippen MR) is 105 cm³/mol. The fourth-order valence-corrected chi connectivity index (χ4v) is 3.34. The zero-order valence-electron chi connectivity index (χ0n) is 14.8. The van der Waals surface area contributed by atoms with E-state index in [4.69, 9.17) is 4.74 Å². The van der Waals surface area contributed by atoms with Crippen LogP contribution < -0.4 is 15.4 Å². The molecule has 26 heavy (non-hydrogen) atoms. The van der Waals surface area contributed by atoms with E-state index in [9.17, 15) is 9.59 Å². The van der Waals surface area contributed by atoms with Gasteiger partial charge in [-0.2, -0.15) is 0 Å². The van der Waals surface area contributed by atoms with Gasteiger partial charge in [0.15, 0.2) is 0 Å². The molecule has 1 aliphatic rings. The molecule has 6 heteroatoms. The summed E-state index contributed by atoms with van der Waals surface area (Å²) in [7, 11) is 1.60. The number of carbonyl (C=O) groups excluding carboxylic acids is 2. The van der Waals surface area contributed by atoms with E-state index in [0.29, 0.717) is 0 Å². The molecule has 1 fully saturated rings. The van der Waals surface area contributed by atoms with Gasteiger partial charge < -0.3 is 15.4 Å². The first-order valence-corrected chi connectivity index (χ1v) is 9.45. The first-order chi connectivity index (χ1) is 12.5. The van der Waals surface area contributed by atoms with Gasteiger partial charge in [0.2, 0.25) is 11.8 Å². The molecule has 0 aliphatic heterocycles. The Morgan fingerprint density at radius 3 is 2.46 bits per heavy atom. The molecular weight excluding hydrogens is 348 g/mol. The number of thioether (sulfide) groups is 1. The molecule has 1 unspecified atom stereocenters. The highest BCUT2D eigenvalue weighted by Gasteiger charge is 2.29. The normalized spacial score (nSPS) is 14.4. The largest absolute Gasteiger partial charge is 0.497 e. The lowest BCUT2D eigenvalue weighted by Gasteiger charge is -2.13. The van der Waals surface area contributed by atoms with Crippen LogP contribution in [0.25, 0.3) is 0 Å². The second-order valence-corrected chi connectivity index (χ2v) is 7.68. The van der Waals surface area contributed by atoms with E-state index >= 15 is 0 Å². The lowest BCUT2D eigenvalue weighted by atomic mass is 10.3. The lowest BCUT2D eigenvalue weighted by Crippen LogP contribution is -2.22. The van der Waals surface area contributed by atoms with E-state index in [-0.39, 0.29) is 23.0 Å². The van der Waals surface area contributed by atoms with E-state index in [1.807, 2.05) is 43.3 Å². The maximum atomic E-state index is 12.4. The van der Waals surface area contributed by atoms with Crippen LogP contribution in [0.1, 0.15) is 19.8 Å². The van der Waals surface area contributed by atoms with Gasteiger partial charge in [-0.3, -0.25) is 9.59 Å². The molecule has 2 amide bonds. The first kappa shape index (κ1) is 18.3. The van der Waals surface area contributed by atoms with Crippen molar-refractivity contribution in [2.75, 3.05) is 17.7 Å². The molecule has 2 aromatic carbocycles. The van der Waals surface area contributed by atoms with Crippen molar-refractivity contribution in [3.8, 4) is 5.75 Å². The molecule has 2 aromatic rings. The number of carbonyl (C=O) groups is 2. The Labute approximate surface area is 157 Å². The van der Waals surface area contributed by atoms with Crippen molar-refractivity contribution < 1.29 is 14.3 Å². The standard InChI is InChI=1S/C20H22N2O3S/c1-13(19(23)21-15-8-10-17(25-2)11-9-15)26-18-5-3-4-16(12-18)22-20(24)14-6-7-14/h3-5,8-14H,6-7H2,1-2H3,(H,21,23)(H,22,24). The number of ether oxygens (including phenoxy) is 1. The fraction of sp³-hybridized carbons (Fsp3) is 0.300. The van der Waals surface area contributed by atoms with Crippen LogP contribution in [0.3, 0.4) is 0 Å². The second kappa shape index (κ2) is 8.27. The molecule has 0 aromatic heterocycles. The summed E-state index contributed by atoms with van der Waals surface area (Å²) in [4.78, 5) is 25.2. The highest BCUT2D eigenvalue weighted by Crippen LogP contribution is 2.31. The number of benzene rings is 2. The molecule has 136 valence electrons. The molecule has 0 spiro atoms. The van der Waals surface area contributed by atoms with E-state index in [1.165, 1.54) is 11.8 Å². The molecule has 2 N–H and O–H groups in total. The molecule has 0 heterocycles. The predicted octanol–water partition coefficient (Wildman–Crippen LogP) is 4.16. The number of anilines is 2. The SMILES string of the molecule is COc1ccc(NC(=O)C(C)Sc2cccc(NC(=O)C3CC3)c2)cc1. The molecule has 0 saturated heterocycles. The summed E-state index contributed by atoms with van der Waals surface area (Å²) in [5, 5.41) is 5.56. The summed E-state index contributed by atoms with van der Waals surface area (Å²) < 4.78 is 5.11. The van der Waals surface area contributed by atoms with Gasteiger partial charge in [-0.15, -0.1) is 11.8 Å². The average Bonchev–Trinajstić information content (AvgIpc) is 3.48.